The molecule has 1 atom stereocenters. The first kappa shape index (κ1) is 8.35. The maximum atomic E-state index is 5.69. The Morgan fingerprint density at radius 2 is 2.20 bits per heavy atom. The molecule has 0 aromatic rings. The number of alkyl halides is 1. The van der Waals surface area contributed by atoms with Gasteiger partial charge < -0.3 is 4.90 Å². The highest BCUT2D eigenvalue weighted by Gasteiger charge is 2.26. The third-order valence-electron chi connectivity index (χ3n) is 2.03. The molecule has 0 bridgehead atoms. The number of hydrogen-bond acceptors (Lipinski definition) is 1. The lowest BCUT2D eigenvalue weighted by molar-refractivity contribution is 0.288. The summed E-state index contributed by atoms with van der Waals surface area (Å²) in [6, 6.07) is 0.880. The van der Waals surface area contributed by atoms with E-state index in [0.717, 1.165) is 18.5 Å². The van der Waals surface area contributed by atoms with Crippen LogP contribution in [0, 0.1) is 5.92 Å². The van der Waals surface area contributed by atoms with Crippen LogP contribution in [0.4, 0.5) is 0 Å². The summed E-state index contributed by atoms with van der Waals surface area (Å²) in [5, 5.41) is 0. The van der Waals surface area contributed by atoms with E-state index in [1.807, 2.05) is 0 Å². The monoisotopic (exact) mass is 161 g/mol. The molecular weight excluding hydrogens is 146 g/mol. The van der Waals surface area contributed by atoms with Crippen molar-refractivity contribution in [2.75, 3.05) is 19.5 Å². The molecule has 10 heavy (non-hydrogen) atoms. The summed E-state index contributed by atoms with van der Waals surface area (Å²) in [5.74, 6) is 1.43. The second kappa shape index (κ2) is 3.59. The van der Waals surface area contributed by atoms with Crippen molar-refractivity contribution >= 4 is 11.6 Å². The van der Waals surface area contributed by atoms with Crippen LogP contribution >= 0.6 is 11.6 Å². The zero-order chi connectivity index (χ0) is 7.56. The Morgan fingerprint density at radius 3 is 2.60 bits per heavy atom. The Hall–Kier alpha value is 0.250. The van der Waals surface area contributed by atoms with Crippen molar-refractivity contribution in [3.63, 3.8) is 0 Å². The molecule has 1 unspecified atom stereocenters. The van der Waals surface area contributed by atoms with Crippen LogP contribution in [0.5, 0.6) is 0 Å². The summed E-state index contributed by atoms with van der Waals surface area (Å²) < 4.78 is 0. The van der Waals surface area contributed by atoms with Crippen LogP contribution in [-0.2, 0) is 0 Å². The molecule has 0 radical (unpaired) electrons. The minimum atomic E-state index is 0.646. The number of hydrogen-bond donors (Lipinski definition) is 0. The van der Waals surface area contributed by atoms with E-state index < -0.39 is 0 Å². The summed E-state index contributed by atoms with van der Waals surface area (Å²) in [7, 11) is 2.20. The molecule has 1 rings (SSSR count). The number of nitrogens with zero attached hydrogens (tertiary/aromatic N) is 1. The molecule has 2 heteroatoms. The second-order valence-electron chi connectivity index (χ2n) is 3.43. The zero-order valence-electron chi connectivity index (χ0n) is 6.81. The molecule has 0 spiro atoms. The maximum absolute atomic E-state index is 5.69. The van der Waals surface area contributed by atoms with Crippen LogP contribution in [0.2, 0.25) is 0 Å². The van der Waals surface area contributed by atoms with Crippen molar-refractivity contribution < 1.29 is 0 Å². The van der Waals surface area contributed by atoms with Crippen LogP contribution in [0.1, 0.15) is 19.8 Å². The van der Waals surface area contributed by atoms with Gasteiger partial charge in [0.15, 0.2) is 0 Å². The van der Waals surface area contributed by atoms with E-state index in [-0.39, 0.29) is 0 Å². The minimum Gasteiger partial charge on any atom is -0.303 e. The van der Waals surface area contributed by atoms with Gasteiger partial charge in [-0.3, -0.25) is 0 Å². The molecule has 0 heterocycles. The van der Waals surface area contributed by atoms with Crippen LogP contribution in [0.3, 0.4) is 0 Å². The van der Waals surface area contributed by atoms with Crippen LogP contribution in [0.15, 0.2) is 0 Å². The van der Waals surface area contributed by atoms with Crippen molar-refractivity contribution in [1.82, 2.24) is 4.90 Å². The van der Waals surface area contributed by atoms with Crippen molar-refractivity contribution in [3.05, 3.63) is 0 Å². The topological polar surface area (TPSA) is 3.24 Å². The van der Waals surface area contributed by atoms with E-state index >= 15 is 0 Å². The smallest absolute Gasteiger partial charge is 0.0261 e. The molecule has 1 aliphatic rings. The van der Waals surface area contributed by atoms with Gasteiger partial charge in [-0.25, -0.2) is 0 Å². The van der Waals surface area contributed by atoms with Gasteiger partial charge in [0.2, 0.25) is 0 Å². The van der Waals surface area contributed by atoms with E-state index in [1.165, 1.54) is 12.8 Å². The quantitative estimate of drug-likeness (QED) is 0.570. The molecule has 0 aromatic heterocycles. The van der Waals surface area contributed by atoms with Crippen molar-refractivity contribution in [2.45, 2.75) is 25.8 Å². The molecule has 1 fully saturated rings. The summed E-state index contributed by atoms with van der Waals surface area (Å²) in [5.41, 5.74) is 0. The predicted octanol–water partition coefficient (Wildman–Crippen LogP) is 1.96. The first-order valence-corrected chi connectivity index (χ1v) is 4.53. The fourth-order valence-electron chi connectivity index (χ4n) is 1.20. The molecule has 0 aliphatic heterocycles. The van der Waals surface area contributed by atoms with Gasteiger partial charge in [-0.2, -0.15) is 0 Å². The van der Waals surface area contributed by atoms with Crippen LogP contribution in [-0.4, -0.2) is 30.4 Å². The first-order chi connectivity index (χ1) is 4.74. The zero-order valence-corrected chi connectivity index (χ0v) is 7.56. The third-order valence-corrected chi connectivity index (χ3v) is 2.56. The lowest BCUT2D eigenvalue weighted by Crippen LogP contribution is -2.26. The molecule has 0 saturated heterocycles. The lowest BCUT2D eigenvalue weighted by atomic mass is 10.2. The van der Waals surface area contributed by atoms with Gasteiger partial charge in [0.25, 0.3) is 0 Å². The van der Waals surface area contributed by atoms with Gasteiger partial charge in [-0.15, -0.1) is 11.6 Å². The summed E-state index contributed by atoms with van der Waals surface area (Å²) in [4.78, 5) is 2.42. The van der Waals surface area contributed by atoms with E-state index in [4.69, 9.17) is 11.6 Å². The normalized spacial score (nSPS) is 21.6. The van der Waals surface area contributed by atoms with Gasteiger partial charge in [0.1, 0.15) is 0 Å². The Morgan fingerprint density at radius 1 is 1.60 bits per heavy atom. The van der Waals surface area contributed by atoms with Gasteiger partial charge >= 0.3 is 0 Å². The van der Waals surface area contributed by atoms with Crippen LogP contribution < -0.4 is 0 Å². The summed E-state index contributed by atoms with van der Waals surface area (Å²) in [6.07, 6.45) is 2.79. The van der Waals surface area contributed by atoms with Gasteiger partial charge in [0, 0.05) is 18.5 Å². The van der Waals surface area contributed by atoms with E-state index in [1.54, 1.807) is 0 Å². The van der Waals surface area contributed by atoms with E-state index in [0.29, 0.717) is 5.92 Å². The van der Waals surface area contributed by atoms with Crippen molar-refractivity contribution in [2.24, 2.45) is 5.92 Å². The largest absolute Gasteiger partial charge is 0.303 e. The Labute approximate surface area is 68.4 Å². The van der Waals surface area contributed by atoms with Crippen molar-refractivity contribution in [1.29, 1.82) is 0 Å². The number of halogens is 1. The maximum Gasteiger partial charge on any atom is 0.0261 e. The number of rotatable bonds is 4. The molecular formula is C8H16ClN. The highest BCUT2D eigenvalue weighted by Crippen LogP contribution is 2.25. The predicted molar refractivity (Wildman–Crippen MR) is 45.5 cm³/mol. The molecule has 0 aromatic carbocycles. The highest BCUT2D eigenvalue weighted by molar-refractivity contribution is 6.18. The summed E-state index contributed by atoms with van der Waals surface area (Å²) in [6.45, 7) is 3.36. The molecule has 1 aliphatic carbocycles. The fraction of sp³-hybridized carbons (Fsp3) is 1.00. The lowest BCUT2D eigenvalue weighted by Gasteiger charge is -2.18. The Balaban J connectivity index is 2.10. The average molecular weight is 162 g/mol. The standard InChI is InChI=1S/C8H16ClN/c1-7(5-9)6-10(2)8-3-4-8/h7-8H,3-6H2,1-2H3. The SMILES string of the molecule is CC(CCl)CN(C)C1CC1. The fourth-order valence-corrected chi connectivity index (χ4v) is 1.30. The Kier molecular flexibility index (Phi) is 2.99. The van der Waals surface area contributed by atoms with Gasteiger partial charge in [-0.05, 0) is 25.8 Å². The van der Waals surface area contributed by atoms with Crippen LogP contribution in [0.25, 0.3) is 0 Å². The molecule has 0 amide bonds. The molecule has 1 nitrogen and oxygen atoms in total. The second-order valence-corrected chi connectivity index (χ2v) is 3.74. The Bertz CT molecular complexity index is 101. The molecule has 60 valence electrons. The minimum absolute atomic E-state index is 0.646. The summed E-state index contributed by atoms with van der Waals surface area (Å²) >= 11 is 5.69. The average Bonchev–Trinajstić information content (AvgIpc) is 2.68. The van der Waals surface area contributed by atoms with E-state index in [9.17, 15) is 0 Å². The molecule has 0 N–H and O–H groups in total. The van der Waals surface area contributed by atoms with Gasteiger partial charge in [-0.1, -0.05) is 6.92 Å². The van der Waals surface area contributed by atoms with Crippen molar-refractivity contribution in [3.8, 4) is 0 Å². The highest BCUT2D eigenvalue weighted by atomic mass is 35.5. The third kappa shape index (κ3) is 2.47. The molecule has 1 saturated carbocycles. The van der Waals surface area contributed by atoms with Gasteiger partial charge in [0.05, 0.1) is 0 Å². The van der Waals surface area contributed by atoms with E-state index in [2.05, 4.69) is 18.9 Å². The first-order valence-electron chi connectivity index (χ1n) is 4.00.